The van der Waals surface area contributed by atoms with E-state index in [2.05, 4.69) is 17.9 Å². The van der Waals surface area contributed by atoms with E-state index in [-0.39, 0.29) is 5.92 Å². The zero-order valence-corrected chi connectivity index (χ0v) is 12.9. The maximum Gasteiger partial charge on any atom is 0.225 e. The molecule has 1 saturated carbocycles. The Morgan fingerprint density at radius 2 is 1.86 bits per heavy atom. The number of hydrogen-bond donors (Lipinski definition) is 0. The number of hydrogen-bond acceptors (Lipinski definition) is 3. The van der Waals surface area contributed by atoms with E-state index in [0.717, 1.165) is 37.6 Å². The molecular weight excluding hydrogens is 264 g/mol. The number of carbonyl (C=O) groups is 1. The zero-order valence-electron chi connectivity index (χ0n) is 12.9. The predicted octanol–water partition coefficient (Wildman–Crippen LogP) is 2.39. The molecule has 1 aromatic rings. The van der Waals surface area contributed by atoms with Crippen LogP contribution in [-0.2, 0) is 4.79 Å². The Morgan fingerprint density at radius 3 is 2.48 bits per heavy atom. The second-order valence-corrected chi connectivity index (χ2v) is 6.11. The van der Waals surface area contributed by atoms with Crippen molar-refractivity contribution in [3.63, 3.8) is 0 Å². The summed E-state index contributed by atoms with van der Waals surface area (Å²) in [6.07, 6.45) is 2.46. The smallest absolute Gasteiger partial charge is 0.225 e. The quantitative estimate of drug-likeness (QED) is 0.853. The molecule has 4 nitrogen and oxygen atoms in total. The van der Waals surface area contributed by atoms with Gasteiger partial charge in [-0.05, 0) is 30.9 Å². The standard InChI is InChI=1S/C17H24N2O2/c1-13(14-7-8-14)17(20)19-11-9-18(10-12-19)15-5-3-4-6-16(15)21-2/h3-6,13-14H,7-12H2,1-2H3. The molecule has 1 aliphatic carbocycles. The lowest BCUT2D eigenvalue weighted by Crippen LogP contribution is -2.50. The van der Waals surface area contributed by atoms with Crippen LogP contribution >= 0.6 is 0 Å². The Kier molecular flexibility index (Phi) is 4.04. The fraction of sp³-hybridized carbons (Fsp3) is 0.588. The van der Waals surface area contributed by atoms with Crippen molar-refractivity contribution < 1.29 is 9.53 Å². The van der Waals surface area contributed by atoms with Crippen molar-refractivity contribution in [2.45, 2.75) is 19.8 Å². The molecule has 114 valence electrons. The van der Waals surface area contributed by atoms with Gasteiger partial charge in [0.15, 0.2) is 0 Å². The highest BCUT2D eigenvalue weighted by atomic mass is 16.5. The number of amides is 1. The molecule has 1 unspecified atom stereocenters. The average molecular weight is 288 g/mol. The molecule has 0 spiro atoms. The van der Waals surface area contributed by atoms with Crippen molar-refractivity contribution in [3.05, 3.63) is 24.3 Å². The highest BCUT2D eigenvalue weighted by molar-refractivity contribution is 5.79. The number of ether oxygens (including phenoxy) is 1. The van der Waals surface area contributed by atoms with Gasteiger partial charge in [0.2, 0.25) is 5.91 Å². The summed E-state index contributed by atoms with van der Waals surface area (Å²) in [6, 6.07) is 8.09. The van der Waals surface area contributed by atoms with E-state index >= 15 is 0 Å². The Labute approximate surface area is 126 Å². The highest BCUT2D eigenvalue weighted by Gasteiger charge is 2.35. The summed E-state index contributed by atoms with van der Waals surface area (Å²) in [5.74, 6) is 2.10. The van der Waals surface area contributed by atoms with Gasteiger partial charge >= 0.3 is 0 Å². The van der Waals surface area contributed by atoms with E-state index in [0.29, 0.717) is 11.8 Å². The number of benzene rings is 1. The van der Waals surface area contributed by atoms with E-state index in [1.54, 1.807) is 7.11 Å². The molecule has 2 aliphatic rings. The van der Waals surface area contributed by atoms with Crippen LogP contribution in [0, 0.1) is 11.8 Å². The topological polar surface area (TPSA) is 32.8 Å². The van der Waals surface area contributed by atoms with Gasteiger partial charge in [0.05, 0.1) is 12.8 Å². The maximum absolute atomic E-state index is 12.4. The zero-order chi connectivity index (χ0) is 14.8. The van der Waals surface area contributed by atoms with E-state index < -0.39 is 0 Å². The second-order valence-electron chi connectivity index (χ2n) is 6.11. The van der Waals surface area contributed by atoms with Gasteiger partial charge in [-0.3, -0.25) is 4.79 Å². The summed E-state index contributed by atoms with van der Waals surface area (Å²) in [6.45, 7) is 5.47. The van der Waals surface area contributed by atoms with Crippen LogP contribution in [0.15, 0.2) is 24.3 Å². The molecule has 21 heavy (non-hydrogen) atoms. The van der Waals surface area contributed by atoms with Crippen molar-refractivity contribution in [3.8, 4) is 5.75 Å². The van der Waals surface area contributed by atoms with Crippen molar-refractivity contribution in [1.82, 2.24) is 4.90 Å². The molecule has 3 rings (SSSR count). The van der Waals surface area contributed by atoms with Crippen LogP contribution in [0.4, 0.5) is 5.69 Å². The fourth-order valence-corrected chi connectivity index (χ4v) is 3.14. The molecular formula is C17H24N2O2. The Hall–Kier alpha value is -1.71. The minimum absolute atomic E-state index is 0.211. The third-order valence-electron chi connectivity index (χ3n) is 4.74. The monoisotopic (exact) mass is 288 g/mol. The van der Waals surface area contributed by atoms with Crippen molar-refractivity contribution >= 4 is 11.6 Å². The minimum Gasteiger partial charge on any atom is -0.495 e. The predicted molar refractivity (Wildman–Crippen MR) is 83.7 cm³/mol. The summed E-state index contributed by atoms with van der Waals surface area (Å²) >= 11 is 0. The van der Waals surface area contributed by atoms with Crippen molar-refractivity contribution in [2.24, 2.45) is 11.8 Å². The Bertz CT molecular complexity index is 505. The van der Waals surface area contributed by atoms with Crippen LogP contribution in [0.1, 0.15) is 19.8 Å². The number of methoxy groups -OCH3 is 1. The number of para-hydroxylation sites is 2. The van der Waals surface area contributed by atoms with Gasteiger partial charge in [-0.15, -0.1) is 0 Å². The minimum atomic E-state index is 0.211. The van der Waals surface area contributed by atoms with Gasteiger partial charge in [-0.25, -0.2) is 0 Å². The van der Waals surface area contributed by atoms with Crippen LogP contribution in [0.3, 0.4) is 0 Å². The summed E-state index contributed by atoms with van der Waals surface area (Å²) in [7, 11) is 1.70. The van der Waals surface area contributed by atoms with Gasteiger partial charge in [-0.2, -0.15) is 0 Å². The van der Waals surface area contributed by atoms with Gasteiger partial charge in [0, 0.05) is 32.1 Å². The molecule has 1 atom stereocenters. The number of anilines is 1. The molecule has 1 saturated heterocycles. The Balaban J connectivity index is 1.61. The molecule has 0 bridgehead atoms. The lowest BCUT2D eigenvalue weighted by atomic mass is 10.0. The first-order valence-corrected chi connectivity index (χ1v) is 7.87. The number of rotatable bonds is 4. The van der Waals surface area contributed by atoms with Crippen LogP contribution in [0.2, 0.25) is 0 Å². The third kappa shape index (κ3) is 2.99. The normalized spacial score (nSPS) is 20.3. The lowest BCUT2D eigenvalue weighted by molar-refractivity contribution is -0.135. The summed E-state index contributed by atoms with van der Waals surface area (Å²) in [5, 5.41) is 0. The largest absolute Gasteiger partial charge is 0.495 e. The van der Waals surface area contributed by atoms with Gasteiger partial charge in [0.1, 0.15) is 5.75 Å². The third-order valence-corrected chi connectivity index (χ3v) is 4.74. The first-order valence-electron chi connectivity index (χ1n) is 7.87. The molecule has 2 fully saturated rings. The van der Waals surface area contributed by atoms with Gasteiger partial charge in [0.25, 0.3) is 0 Å². The lowest BCUT2D eigenvalue weighted by Gasteiger charge is -2.37. The van der Waals surface area contributed by atoms with Crippen LogP contribution in [0.5, 0.6) is 5.75 Å². The van der Waals surface area contributed by atoms with E-state index in [4.69, 9.17) is 4.74 Å². The second kappa shape index (κ2) is 5.96. The van der Waals surface area contributed by atoms with E-state index in [1.807, 2.05) is 23.1 Å². The van der Waals surface area contributed by atoms with Crippen LogP contribution in [0.25, 0.3) is 0 Å². The van der Waals surface area contributed by atoms with Crippen molar-refractivity contribution in [2.75, 3.05) is 38.2 Å². The first-order chi connectivity index (χ1) is 10.2. The van der Waals surface area contributed by atoms with Crippen molar-refractivity contribution in [1.29, 1.82) is 0 Å². The number of carbonyl (C=O) groups excluding carboxylic acids is 1. The molecule has 0 aromatic heterocycles. The molecule has 0 N–H and O–H groups in total. The molecule has 1 amide bonds. The van der Waals surface area contributed by atoms with Gasteiger partial charge in [-0.1, -0.05) is 19.1 Å². The highest BCUT2D eigenvalue weighted by Crippen LogP contribution is 2.37. The van der Waals surface area contributed by atoms with E-state index in [1.165, 1.54) is 12.8 Å². The first kappa shape index (κ1) is 14.2. The van der Waals surface area contributed by atoms with Crippen LogP contribution in [-0.4, -0.2) is 44.1 Å². The molecule has 1 heterocycles. The number of nitrogens with zero attached hydrogens (tertiary/aromatic N) is 2. The maximum atomic E-state index is 12.4. The van der Waals surface area contributed by atoms with Gasteiger partial charge < -0.3 is 14.5 Å². The molecule has 0 radical (unpaired) electrons. The summed E-state index contributed by atoms with van der Waals surface area (Å²) < 4.78 is 5.43. The molecule has 1 aliphatic heterocycles. The Morgan fingerprint density at radius 1 is 1.19 bits per heavy atom. The fourth-order valence-electron chi connectivity index (χ4n) is 3.14. The van der Waals surface area contributed by atoms with Crippen LogP contribution < -0.4 is 9.64 Å². The molecule has 4 heteroatoms. The average Bonchev–Trinajstić information content (AvgIpc) is 3.38. The molecule has 1 aromatic carbocycles. The summed E-state index contributed by atoms with van der Waals surface area (Å²) in [5.41, 5.74) is 1.13. The number of piperazine rings is 1. The summed E-state index contributed by atoms with van der Waals surface area (Å²) in [4.78, 5) is 16.8. The SMILES string of the molecule is COc1ccccc1N1CCN(C(=O)C(C)C2CC2)CC1. The van der Waals surface area contributed by atoms with E-state index in [9.17, 15) is 4.79 Å².